The van der Waals surface area contributed by atoms with Crippen molar-refractivity contribution in [3.05, 3.63) is 8.96 Å². The molecule has 0 aliphatic heterocycles. The Hall–Kier alpha value is 0.950. The van der Waals surface area contributed by atoms with Crippen LogP contribution in [0.4, 0.5) is 0 Å². The number of rotatable bonds is 3. The van der Waals surface area contributed by atoms with E-state index in [1.54, 1.807) is 0 Å². The van der Waals surface area contributed by atoms with Crippen LogP contribution in [-0.4, -0.2) is 11.1 Å². The van der Waals surface area contributed by atoms with Crippen molar-refractivity contribution < 1.29 is 4.79 Å². The minimum atomic E-state index is -0.484. The van der Waals surface area contributed by atoms with E-state index in [0.29, 0.717) is 21.7 Å². The first kappa shape index (κ1) is 11.0. The Kier molecular flexibility index (Phi) is 6.11. The molecule has 0 aliphatic carbocycles. The van der Waals surface area contributed by atoms with E-state index in [2.05, 4.69) is 31.9 Å². The van der Waals surface area contributed by atoms with Gasteiger partial charge in [0.2, 0.25) is 0 Å². The van der Waals surface area contributed by atoms with Gasteiger partial charge in [0.05, 0.1) is 4.48 Å². The second-order valence-electron chi connectivity index (χ2n) is 1.47. The van der Waals surface area contributed by atoms with Gasteiger partial charge in [0.1, 0.15) is 4.84 Å². The van der Waals surface area contributed by atoms with E-state index in [-0.39, 0.29) is 0 Å². The highest BCUT2D eigenvalue weighted by Crippen LogP contribution is 2.24. The fourth-order valence-electron chi connectivity index (χ4n) is 0.297. The molecular formula is C5H4Br2Cl2O. The van der Waals surface area contributed by atoms with Crippen LogP contribution in [0.3, 0.4) is 0 Å². The van der Waals surface area contributed by atoms with Crippen molar-refractivity contribution in [1.82, 2.24) is 0 Å². The van der Waals surface area contributed by atoms with E-state index >= 15 is 0 Å². The third kappa shape index (κ3) is 4.72. The molecule has 0 rings (SSSR count). The Morgan fingerprint density at radius 3 is 2.30 bits per heavy atom. The van der Waals surface area contributed by atoms with Gasteiger partial charge in [-0.25, -0.2) is 0 Å². The van der Waals surface area contributed by atoms with Crippen LogP contribution in [0.15, 0.2) is 8.96 Å². The van der Waals surface area contributed by atoms with Crippen molar-refractivity contribution in [2.24, 2.45) is 0 Å². The Morgan fingerprint density at radius 2 is 2.00 bits per heavy atom. The summed E-state index contributed by atoms with van der Waals surface area (Å²) >= 11 is 17.0. The molecule has 0 aliphatic rings. The largest absolute Gasteiger partial charge is 0.297 e. The van der Waals surface area contributed by atoms with Crippen LogP contribution in [0.2, 0.25) is 0 Å². The molecule has 0 heterocycles. The molecule has 0 saturated heterocycles. The minimum absolute atomic E-state index is 0.433. The number of hydrogen-bond acceptors (Lipinski definition) is 1. The topological polar surface area (TPSA) is 17.1 Å². The second-order valence-corrected chi connectivity index (χ2v) is 4.55. The predicted octanol–water partition coefficient (Wildman–Crippen LogP) is 3.38. The zero-order chi connectivity index (χ0) is 8.15. The average molecular weight is 311 g/mol. The van der Waals surface area contributed by atoms with E-state index < -0.39 is 4.84 Å². The summed E-state index contributed by atoms with van der Waals surface area (Å²) in [5.74, 6) is 0. The highest BCUT2D eigenvalue weighted by atomic mass is 79.9. The summed E-state index contributed by atoms with van der Waals surface area (Å²) in [7, 11) is 0. The molecule has 1 nitrogen and oxygen atoms in total. The van der Waals surface area contributed by atoms with Crippen molar-refractivity contribution in [1.29, 1.82) is 0 Å². The number of carbonyl (C=O) groups excluding carboxylic acids is 1. The number of aldehydes is 1. The van der Waals surface area contributed by atoms with Gasteiger partial charge in [0.15, 0.2) is 6.29 Å². The fourth-order valence-corrected chi connectivity index (χ4v) is 1.56. The van der Waals surface area contributed by atoms with Crippen LogP contribution in [0, 0.1) is 0 Å². The number of alkyl halides is 2. The molecule has 0 unspecified atom stereocenters. The van der Waals surface area contributed by atoms with Crippen LogP contribution in [-0.2, 0) is 4.79 Å². The molecule has 0 aromatic carbocycles. The first-order chi connectivity index (χ1) is 4.57. The summed E-state index contributed by atoms with van der Waals surface area (Å²) in [5.41, 5.74) is 0. The van der Waals surface area contributed by atoms with Gasteiger partial charge >= 0.3 is 0 Å². The van der Waals surface area contributed by atoms with E-state index in [9.17, 15) is 4.79 Å². The highest BCUT2D eigenvalue weighted by Gasteiger charge is 2.04. The summed E-state index contributed by atoms with van der Waals surface area (Å²) in [5, 5.41) is 0. The minimum Gasteiger partial charge on any atom is -0.297 e. The lowest BCUT2D eigenvalue weighted by Crippen LogP contribution is -1.88. The van der Waals surface area contributed by atoms with Crippen LogP contribution in [0.5, 0.6) is 0 Å². The van der Waals surface area contributed by atoms with Gasteiger partial charge in [0.25, 0.3) is 0 Å². The van der Waals surface area contributed by atoms with Gasteiger partial charge in [-0.2, -0.15) is 0 Å². The maximum absolute atomic E-state index is 10.1. The van der Waals surface area contributed by atoms with Gasteiger partial charge < -0.3 is 0 Å². The summed E-state index contributed by atoms with van der Waals surface area (Å²) in [6.45, 7) is 0. The molecular weight excluding hydrogens is 307 g/mol. The van der Waals surface area contributed by atoms with Crippen molar-refractivity contribution in [3.63, 3.8) is 0 Å². The van der Waals surface area contributed by atoms with E-state index in [1.165, 1.54) is 0 Å². The second kappa shape index (κ2) is 5.58. The van der Waals surface area contributed by atoms with Gasteiger partial charge in [0, 0.05) is 10.9 Å². The monoisotopic (exact) mass is 308 g/mol. The molecule has 0 spiro atoms. The molecule has 0 atom stereocenters. The van der Waals surface area contributed by atoms with Crippen molar-refractivity contribution in [3.8, 4) is 0 Å². The standard InChI is InChI=1S/C5H4Br2Cl2O/c6-3(1-5(8)9)4(7)2-10/h2,5H,1H2. The van der Waals surface area contributed by atoms with Gasteiger partial charge in [-0.15, -0.1) is 23.2 Å². The molecule has 0 aromatic rings. The van der Waals surface area contributed by atoms with E-state index in [4.69, 9.17) is 23.2 Å². The summed E-state index contributed by atoms with van der Waals surface area (Å²) in [6, 6.07) is 0. The first-order valence-corrected chi connectivity index (χ1v) is 4.81. The Morgan fingerprint density at radius 1 is 1.50 bits per heavy atom. The maximum atomic E-state index is 10.1. The first-order valence-electron chi connectivity index (χ1n) is 2.35. The molecule has 0 aromatic heterocycles. The molecule has 10 heavy (non-hydrogen) atoms. The van der Waals surface area contributed by atoms with Crippen LogP contribution in [0.25, 0.3) is 0 Å². The van der Waals surface area contributed by atoms with E-state index in [0.717, 1.165) is 0 Å². The lowest BCUT2D eigenvalue weighted by atomic mass is 10.4. The molecule has 5 heteroatoms. The van der Waals surface area contributed by atoms with Gasteiger partial charge in [-0.05, 0) is 15.9 Å². The number of carbonyl (C=O) groups is 1. The van der Waals surface area contributed by atoms with Gasteiger partial charge in [-0.1, -0.05) is 15.9 Å². The van der Waals surface area contributed by atoms with Crippen molar-refractivity contribution >= 4 is 61.3 Å². The normalized spacial score (nSPS) is 13.3. The Balaban J connectivity index is 4.04. The number of halogens is 4. The summed E-state index contributed by atoms with van der Waals surface area (Å²) in [6.07, 6.45) is 1.11. The van der Waals surface area contributed by atoms with Crippen molar-refractivity contribution in [2.75, 3.05) is 0 Å². The smallest absolute Gasteiger partial charge is 0.157 e. The third-order valence-electron chi connectivity index (χ3n) is 0.696. The fraction of sp³-hybridized carbons (Fsp3) is 0.400. The SMILES string of the molecule is O=CC(Br)=C(Br)CC(Cl)Cl. The zero-order valence-electron chi connectivity index (χ0n) is 4.78. The number of hydrogen-bond donors (Lipinski definition) is 0. The lowest BCUT2D eigenvalue weighted by Gasteiger charge is -1.98. The quantitative estimate of drug-likeness (QED) is 0.444. The third-order valence-corrected chi connectivity index (χ3v) is 2.95. The predicted molar refractivity (Wildman–Crippen MR) is 51.1 cm³/mol. The van der Waals surface area contributed by atoms with E-state index in [1.807, 2.05) is 0 Å². The Bertz CT molecular complexity index is 156. The molecule has 0 amide bonds. The molecule has 0 saturated carbocycles. The van der Waals surface area contributed by atoms with Crippen LogP contribution >= 0.6 is 55.1 Å². The average Bonchev–Trinajstić information content (AvgIpc) is 1.85. The lowest BCUT2D eigenvalue weighted by molar-refractivity contribution is -0.104. The zero-order valence-corrected chi connectivity index (χ0v) is 9.47. The summed E-state index contributed by atoms with van der Waals surface area (Å²) in [4.78, 5) is 9.62. The van der Waals surface area contributed by atoms with Crippen molar-refractivity contribution in [2.45, 2.75) is 11.3 Å². The Labute approximate surface area is 86.0 Å². The molecule has 0 fully saturated rings. The van der Waals surface area contributed by atoms with Crippen LogP contribution < -0.4 is 0 Å². The summed E-state index contributed by atoms with van der Waals surface area (Å²) < 4.78 is 1.12. The van der Waals surface area contributed by atoms with Gasteiger partial charge in [-0.3, -0.25) is 4.79 Å². The number of allylic oxidation sites excluding steroid dienone is 2. The van der Waals surface area contributed by atoms with Crippen LogP contribution in [0.1, 0.15) is 6.42 Å². The molecule has 58 valence electrons. The molecule has 0 radical (unpaired) electrons. The molecule has 0 N–H and O–H groups in total. The maximum Gasteiger partial charge on any atom is 0.157 e. The molecule has 0 bridgehead atoms. The highest BCUT2D eigenvalue weighted by molar-refractivity contribution is 9.14.